The summed E-state index contributed by atoms with van der Waals surface area (Å²) in [6, 6.07) is 10.6. The number of benzene rings is 1. The molecular formula is C20H29NO. The highest BCUT2D eigenvalue weighted by Crippen LogP contribution is 2.37. The molecular weight excluding hydrogens is 270 g/mol. The molecule has 1 aliphatic heterocycles. The Balaban J connectivity index is 2.01. The number of allylic oxidation sites excluding steroid dienone is 1. The molecule has 0 amide bonds. The van der Waals surface area contributed by atoms with Crippen LogP contribution in [0.15, 0.2) is 47.2 Å². The van der Waals surface area contributed by atoms with Gasteiger partial charge in [0.2, 0.25) is 0 Å². The molecule has 1 heterocycles. The van der Waals surface area contributed by atoms with Crippen molar-refractivity contribution in [2.24, 2.45) is 4.99 Å². The molecule has 0 bridgehead atoms. The van der Waals surface area contributed by atoms with Crippen molar-refractivity contribution in [1.82, 2.24) is 0 Å². The second-order valence-corrected chi connectivity index (χ2v) is 6.11. The zero-order chi connectivity index (χ0) is 15.7. The number of nitrogens with zero attached hydrogens (tertiary/aromatic N) is 1. The van der Waals surface area contributed by atoms with E-state index in [9.17, 15) is 0 Å². The highest BCUT2D eigenvalue weighted by molar-refractivity contribution is 5.80. The van der Waals surface area contributed by atoms with Gasteiger partial charge in [0.1, 0.15) is 11.3 Å². The molecule has 0 aliphatic carbocycles. The second-order valence-electron chi connectivity index (χ2n) is 6.11. The van der Waals surface area contributed by atoms with Crippen LogP contribution in [0.1, 0.15) is 64.4 Å². The molecule has 0 saturated heterocycles. The van der Waals surface area contributed by atoms with Gasteiger partial charge in [-0.05, 0) is 24.5 Å². The standard InChI is InChI=1S/C20H29NO/c1-3-5-7-11-15-22-19-16-20(21-17-19,14-6-4-2)18-12-9-8-10-13-18/h8-10,12-13,16-17H,3-7,11,14-15H2,1-2H3. The maximum Gasteiger partial charge on any atom is 0.135 e. The number of hydrogen-bond acceptors (Lipinski definition) is 2. The van der Waals surface area contributed by atoms with Gasteiger partial charge in [-0.15, -0.1) is 0 Å². The van der Waals surface area contributed by atoms with E-state index in [0.717, 1.165) is 25.2 Å². The first-order valence-electron chi connectivity index (χ1n) is 8.77. The topological polar surface area (TPSA) is 21.6 Å². The SMILES string of the molecule is CCCCCCOC1=CC(CCCC)(c2ccccc2)N=C1. The van der Waals surface area contributed by atoms with Gasteiger partial charge >= 0.3 is 0 Å². The first-order valence-corrected chi connectivity index (χ1v) is 8.77. The summed E-state index contributed by atoms with van der Waals surface area (Å²) < 4.78 is 5.92. The number of ether oxygens (including phenoxy) is 1. The van der Waals surface area contributed by atoms with Crippen LogP contribution in [0.2, 0.25) is 0 Å². The van der Waals surface area contributed by atoms with E-state index in [-0.39, 0.29) is 5.54 Å². The van der Waals surface area contributed by atoms with Gasteiger partial charge in [0.25, 0.3) is 0 Å². The monoisotopic (exact) mass is 299 g/mol. The zero-order valence-corrected chi connectivity index (χ0v) is 14.1. The van der Waals surface area contributed by atoms with Crippen molar-refractivity contribution in [2.75, 3.05) is 6.61 Å². The minimum atomic E-state index is -0.212. The zero-order valence-electron chi connectivity index (χ0n) is 14.1. The Hall–Kier alpha value is -1.57. The summed E-state index contributed by atoms with van der Waals surface area (Å²) in [5.41, 5.74) is 1.06. The van der Waals surface area contributed by atoms with Gasteiger partial charge in [-0.2, -0.15) is 0 Å². The van der Waals surface area contributed by atoms with E-state index in [1.54, 1.807) is 0 Å². The van der Waals surface area contributed by atoms with E-state index in [2.05, 4.69) is 50.3 Å². The average Bonchev–Trinajstić information content (AvgIpc) is 2.98. The minimum absolute atomic E-state index is 0.212. The van der Waals surface area contributed by atoms with Crippen LogP contribution >= 0.6 is 0 Å². The molecule has 0 N–H and O–H groups in total. The van der Waals surface area contributed by atoms with Gasteiger partial charge in [-0.1, -0.05) is 76.3 Å². The van der Waals surface area contributed by atoms with Gasteiger partial charge in [-0.3, -0.25) is 4.99 Å². The van der Waals surface area contributed by atoms with Crippen LogP contribution < -0.4 is 0 Å². The Morgan fingerprint density at radius 3 is 2.45 bits per heavy atom. The van der Waals surface area contributed by atoms with Crippen LogP contribution in [-0.2, 0) is 10.3 Å². The minimum Gasteiger partial charge on any atom is -0.492 e. The van der Waals surface area contributed by atoms with Crippen molar-refractivity contribution in [2.45, 2.75) is 64.3 Å². The quantitative estimate of drug-likeness (QED) is 0.512. The molecule has 2 heteroatoms. The predicted octanol–water partition coefficient (Wildman–Crippen LogP) is 5.64. The first kappa shape index (κ1) is 16.8. The van der Waals surface area contributed by atoms with Crippen molar-refractivity contribution in [3.05, 3.63) is 47.7 Å². The molecule has 1 aromatic carbocycles. The fourth-order valence-electron chi connectivity index (χ4n) is 2.90. The van der Waals surface area contributed by atoms with Crippen LogP contribution in [0.3, 0.4) is 0 Å². The van der Waals surface area contributed by atoms with E-state index in [0.29, 0.717) is 0 Å². The number of rotatable bonds is 10. The lowest BCUT2D eigenvalue weighted by atomic mass is 9.86. The summed E-state index contributed by atoms with van der Waals surface area (Å²) in [6.45, 7) is 5.26. The molecule has 0 spiro atoms. The smallest absolute Gasteiger partial charge is 0.135 e. The summed E-state index contributed by atoms with van der Waals surface area (Å²) >= 11 is 0. The third kappa shape index (κ3) is 4.46. The molecule has 1 aliphatic rings. The number of aliphatic imine (C=N–C) groups is 1. The number of hydrogen-bond donors (Lipinski definition) is 0. The fraction of sp³-hybridized carbons (Fsp3) is 0.550. The van der Waals surface area contributed by atoms with Crippen LogP contribution in [0.25, 0.3) is 0 Å². The van der Waals surface area contributed by atoms with E-state index < -0.39 is 0 Å². The molecule has 1 aromatic rings. The highest BCUT2D eigenvalue weighted by Gasteiger charge is 2.32. The molecule has 1 unspecified atom stereocenters. The Morgan fingerprint density at radius 1 is 0.955 bits per heavy atom. The Morgan fingerprint density at radius 2 is 1.73 bits per heavy atom. The van der Waals surface area contributed by atoms with Gasteiger partial charge in [0.15, 0.2) is 0 Å². The third-order valence-corrected chi connectivity index (χ3v) is 4.25. The Bertz CT molecular complexity index is 492. The van der Waals surface area contributed by atoms with Crippen molar-refractivity contribution >= 4 is 6.21 Å². The summed E-state index contributed by atoms with van der Waals surface area (Å²) in [5.74, 6) is 0.941. The molecule has 0 saturated carbocycles. The van der Waals surface area contributed by atoms with Crippen LogP contribution in [0, 0.1) is 0 Å². The molecule has 2 nitrogen and oxygen atoms in total. The van der Waals surface area contributed by atoms with E-state index in [1.165, 1.54) is 37.7 Å². The fourth-order valence-corrected chi connectivity index (χ4v) is 2.90. The largest absolute Gasteiger partial charge is 0.492 e. The normalized spacial score (nSPS) is 20.2. The molecule has 0 radical (unpaired) electrons. The lowest BCUT2D eigenvalue weighted by molar-refractivity contribution is 0.224. The first-order chi connectivity index (χ1) is 10.8. The van der Waals surface area contributed by atoms with E-state index in [1.807, 2.05) is 6.21 Å². The van der Waals surface area contributed by atoms with Gasteiger partial charge in [-0.25, -0.2) is 0 Å². The van der Waals surface area contributed by atoms with Gasteiger partial charge < -0.3 is 4.74 Å². The van der Waals surface area contributed by atoms with E-state index in [4.69, 9.17) is 9.73 Å². The molecule has 2 rings (SSSR count). The summed E-state index contributed by atoms with van der Waals surface area (Å²) in [6.07, 6.45) is 12.5. The maximum atomic E-state index is 5.92. The summed E-state index contributed by atoms with van der Waals surface area (Å²) in [7, 11) is 0. The van der Waals surface area contributed by atoms with Crippen LogP contribution in [0.4, 0.5) is 0 Å². The van der Waals surface area contributed by atoms with Crippen molar-refractivity contribution in [1.29, 1.82) is 0 Å². The maximum absolute atomic E-state index is 5.92. The van der Waals surface area contributed by atoms with E-state index >= 15 is 0 Å². The van der Waals surface area contributed by atoms with Crippen LogP contribution in [0.5, 0.6) is 0 Å². The van der Waals surface area contributed by atoms with Gasteiger partial charge in [0.05, 0.1) is 12.8 Å². The van der Waals surface area contributed by atoms with Crippen molar-refractivity contribution in [3.8, 4) is 0 Å². The Kier molecular flexibility index (Phi) is 6.70. The van der Waals surface area contributed by atoms with Gasteiger partial charge in [0, 0.05) is 0 Å². The highest BCUT2D eigenvalue weighted by atomic mass is 16.5. The third-order valence-electron chi connectivity index (χ3n) is 4.25. The lowest BCUT2D eigenvalue weighted by Crippen LogP contribution is -2.19. The van der Waals surface area contributed by atoms with Crippen LogP contribution in [-0.4, -0.2) is 12.8 Å². The lowest BCUT2D eigenvalue weighted by Gasteiger charge is -2.24. The molecule has 0 aromatic heterocycles. The molecule has 22 heavy (non-hydrogen) atoms. The summed E-state index contributed by atoms with van der Waals surface area (Å²) in [5, 5.41) is 0. The molecule has 120 valence electrons. The molecule has 0 fully saturated rings. The predicted molar refractivity (Wildman–Crippen MR) is 94.3 cm³/mol. The average molecular weight is 299 g/mol. The van der Waals surface area contributed by atoms with Crippen molar-refractivity contribution < 1.29 is 4.74 Å². The Labute approximate surface area is 135 Å². The second kappa shape index (κ2) is 8.77. The van der Waals surface area contributed by atoms with Crippen molar-refractivity contribution in [3.63, 3.8) is 0 Å². The summed E-state index contributed by atoms with van der Waals surface area (Å²) in [4.78, 5) is 4.83. The number of unbranched alkanes of at least 4 members (excludes halogenated alkanes) is 4. The molecule has 1 atom stereocenters.